The minimum Gasteiger partial charge on any atom is -0.484 e. The van der Waals surface area contributed by atoms with Crippen molar-refractivity contribution < 1.29 is 13.9 Å². The lowest BCUT2D eigenvalue weighted by atomic mass is 10.2. The topological polar surface area (TPSA) is 29.5 Å². The molecule has 0 saturated heterocycles. The predicted octanol–water partition coefficient (Wildman–Crippen LogP) is 2.52. The van der Waals surface area contributed by atoms with Gasteiger partial charge in [0.1, 0.15) is 11.6 Å². The number of aryl methyl sites for hydroxylation is 1. The van der Waals surface area contributed by atoms with Crippen LogP contribution in [0, 0.1) is 12.7 Å². The van der Waals surface area contributed by atoms with Crippen LogP contribution in [0.2, 0.25) is 0 Å². The van der Waals surface area contributed by atoms with E-state index in [-0.39, 0.29) is 18.3 Å². The van der Waals surface area contributed by atoms with Crippen molar-refractivity contribution in [2.24, 2.45) is 0 Å². The summed E-state index contributed by atoms with van der Waals surface area (Å²) in [4.78, 5) is 13.7. The zero-order valence-corrected chi connectivity index (χ0v) is 10.8. The maximum atomic E-state index is 13.3. The first-order valence-electron chi connectivity index (χ1n) is 6.30. The Kier molecular flexibility index (Phi) is 3.84. The molecule has 4 heteroatoms. The molecule has 18 heavy (non-hydrogen) atoms. The normalized spacial score (nSPS) is 14.4. The van der Waals surface area contributed by atoms with Crippen LogP contribution >= 0.6 is 0 Å². The van der Waals surface area contributed by atoms with Gasteiger partial charge in [-0.1, -0.05) is 6.07 Å². The molecule has 98 valence electrons. The molecule has 0 bridgehead atoms. The Morgan fingerprint density at radius 2 is 2.22 bits per heavy atom. The van der Waals surface area contributed by atoms with Crippen molar-refractivity contribution in [2.45, 2.75) is 32.7 Å². The molecule has 0 heterocycles. The summed E-state index contributed by atoms with van der Waals surface area (Å²) in [6.45, 7) is 4.33. The third-order valence-corrected chi connectivity index (χ3v) is 3.15. The van der Waals surface area contributed by atoms with Crippen LogP contribution in [0.15, 0.2) is 18.2 Å². The van der Waals surface area contributed by atoms with E-state index in [0.29, 0.717) is 23.9 Å². The van der Waals surface area contributed by atoms with E-state index >= 15 is 0 Å². The summed E-state index contributed by atoms with van der Waals surface area (Å²) >= 11 is 0. The number of carbonyl (C=O) groups excluding carboxylic acids is 1. The molecule has 1 aliphatic carbocycles. The number of likely N-dealkylation sites (N-methyl/N-ethyl adjacent to an activating group) is 1. The first-order valence-corrected chi connectivity index (χ1v) is 6.30. The summed E-state index contributed by atoms with van der Waals surface area (Å²) in [5, 5.41) is 0. The van der Waals surface area contributed by atoms with Gasteiger partial charge in [0.2, 0.25) is 0 Å². The lowest BCUT2D eigenvalue weighted by Gasteiger charge is -2.20. The van der Waals surface area contributed by atoms with Crippen LogP contribution in [-0.2, 0) is 4.79 Å². The Bertz CT molecular complexity index is 443. The van der Waals surface area contributed by atoms with E-state index < -0.39 is 0 Å². The molecule has 1 saturated carbocycles. The molecule has 0 N–H and O–H groups in total. The molecule has 1 aromatic carbocycles. The SMILES string of the molecule is CCN(C(=O)COc1ccc(C)c(F)c1)C1CC1. The van der Waals surface area contributed by atoms with Crippen LogP contribution in [0.4, 0.5) is 4.39 Å². The molecular formula is C14H18FNO2. The van der Waals surface area contributed by atoms with Crippen molar-refractivity contribution in [3.05, 3.63) is 29.6 Å². The summed E-state index contributed by atoms with van der Waals surface area (Å²) in [5.41, 5.74) is 0.571. The summed E-state index contributed by atoms with van der Waals surface area (Å²) in [7, 11) is 0. The number of amides is 1. The van der Waals surface area contributed by atoms with Gasteiger partial charge in [0.05, 0.1) is 0 Å². The van der Waals surface area contributed by atoms with Crippen molar-refractivity contribution in [1.82, 2.24) is 4.90 Å². The summed E-state index contributed by atoms with van der Waals surface area (Å²) in [6, 6.07) is 5.03. The van der Waals surface area contributed by atoms with Gasteiger partial charge in [-0.15, -0.1) is 0 Å². The van der Waals surface area contributed by atoms with E-state index in [1.807, 2.05) is 11.8 Å². The molecule has 3 nitrogen and oxygen atoms in total. The molecule has 2 rings (SSSR count). The smallest absolute Gasteiger partial charge is 0.260 e. The minimum atomic E-state index is -0.311. The number of hydrogen-bond acceptors (Lipinski definition) is 2. The van der Waals surface area contributed by atoms with E-state index in [0.717, 1.165) is 12.8 Å². The number of hydrogen-bond donors (Lipinski definition) is 0. The highest BCUT2D eigenvalue weighted by molar-refractivity contribution is 5.78. The Morgan fingerprint density at radius 1 is 1.50 bits per heavy atom. The first kappa shape index (κ1) is 12.9. The molecule has 0 unspecified atom stereocenters. The second-order valence-electron chi connectivity index (χ2n) is 4.61. The molecule has 1 fully saturated rings. The Morgan fingerprint density at radius 3 is 2.78 bits per heavy atom. The highest BCUT2D eigenvalue weighted by atomic mass is 19.1. The molecule has 1 amide bonds. The average Bonchev–Trinajstić information content (AvgIpc) is 3.16. The van der Waals surface area contributed by atoms with Crippen LogP contribution in [0.3, 0.4) is 0 Å². The monoisotopic (exact) mass is 251 g/mol. The number of carbonyl (C=O) groups is 1. The molecule has 1 aromatic rings. The third kappa shape index (κ3) is 3.00. The zero-order valence-electron chi connectivity index (χ0n) is 10.8. The molecule has 0 aliphatic heterocycles. The Hall–Kier alpha value is -1.58. The van der Waals surface area contributed by atoms with E-state index in [1.54, 1.807) is 19.1 Å². The quantitative estimate of drug-likeness (QED) is 0.804. The maximum absolute atomic E-state index is 13.3. The van der Waals surface area contributed by atoms with E-state index in [1.165, 1.54) is 6.07 Å². The Balaban J connectivity index is 1.90. The van der Waals surface area contributed by atoms with Gasteiger partial charge in [-0.25, -0.2) is 4.39 Å². The van der Waals surface area contributed by atoms with Crippen LogP contribution in [-0.4, -0.2) is 30.0 Å². The second-order valence-corrected chi connectivity index (χ2v) is 4.61. The average molecular weight is 251 g/mol. The van der Waals surface area contributed by atoms with Crippen molar-refractivity contribution in [2.75, 3.05) is 13.2 Å². The van der Waals surface area contributed by atoms with Crippen LogP contribution in [0.1, 0.15) is 25.3 Å². The first-order chi connectivity index (χ1) is 8.61. The van der Waals surface area contributed by atoms with Gasteiger partial charge in [-0.05, 0) is 38.3 Å². The third-order valence-electron chi connectivity index (χ3n) is 3.15. The molecule has 0 aromatic heterocycles. The summed E-state index contributed by atoms with van der Waals surface area (Å²) < 4.78 is 18.6. The van der Waals surface area contributed by atoms with Gasteiger partial charge in [0.25, 0.3) is 5.91 Å². The highest BCUT2D eigenvalue weighted by Gasteiger charge is 2.31. The minimum absolute atomic E-state index is 0.0210. The largest absolute Gasteiger partial charge is 0.484 e. The van der Waals surface area contributed by atoms with Crippen molar-refractivity contribution in [1.29, 1.82) is 0 Å². The number of rotatable bonds is 5. The van der Waals surface area contributed by atoms with Crippen LogP contribution in [0.5, 0.6) is 5.75 Å². The molecule has 1 aliphatic rings. The number of benzene rings is 1. The van der Waals surface area contributed by atoms with Gasteiger partial charge in [0.15, 0.2) is 6.61 Å². The van der Waals surface area contributed by atoms with E-state index in [4.69, 9.17) is 4.74 Å². The summed E-state index contributed by atoms with van der Waals surface area (Å²) in [5.74, 6) is 0.0637. The van der Waals surface area contributed by atoms with E-state index in [9.17, 15) is 9.18 Å². The maximum Gasteiger partial charge on any atom is 0.260 e. The predicted molar refractivity (Wildman–Crippen MR) is 67.0 cm³/mol. The van der Waals surface area contributed by atoms with Crippen LogP contribution in [0.25, 0.3) is 0 Å². The fourth-order valence-electron chi connectivity index (χ4n) is 1.92. The fourth-order valence-corrected chi connectivity index (χ4v) is 1.92. The lowest BCUT2D eigenvalue weighted by Crippen LogP contribution is -2.36. The van der Waals surface area contributed by atoms with Gasteiger partial charge in [0, 0.05) is 18.7 Å². The van der Waals surface area contributed by atoms with Gasteiger partial charge >= 0.3 is 0 Å². The van der Waals surface area contributed by atoms with Crippen LogP contribution < -0.4 is 4.74 Å². The second kappa shape index (κ2) is 5.38. The zero-order chi connectivity index (χ0) is 13.1. The number of ether oxygens (including phenoxy) is 1. The molecule has 0 atom stereocenters. The van der Waals surface area contributed by atoms with Gasteiger partial charge < -0.3 is 9.64 Å². The van der Waals surface area contributed by atoms with Gasteiger partial charge in [-0.2, -0.15) is 0 Å². The standard InChI is InChI=1S/C14H18FNO2/c1-3-16(11-5-6-11)14(17)9-18-12-7-4-10(2)13(15)8-12/h4,7-8,11H,3,5-6,9H2,1-2H3. The van der Waals surface area contributed by atoms with Gasteiger partial charge in [-0.3, -0.25) is 4.79 Å². The molecule has 0 radical (unpaired) electrons. The fraction of sp³-hybridized carbons (Fsp3) is 0.500. The number of nitrogens with zero attached hydrogens (tertiary/aromatic N) is 1. The van der Waals surface area contributed by atoms with Crippen molar-refractivity contribution >= 4 is 5.91 Å². The molecule has 0 spiro atoms. The summed E-state index contributed by atoms with van der Waals surface area (Å²) in [6.07, 6.45) is 2.16. The van der Waals surface area contributed by atoms with Crippen molar-refractivity contribution in [3.63, 3.8) is 0 Å². The number of halogens is 1. The highest BCUT2D eigenvalue weighted by Crippen LogP contribution is 2.26. The lowest BCUT2D eigenvalue weighted by molar-refractivity contribution is -0.133. The Labute approximate surface area is 107 Å². The van der Waals surface area contributed by atoms with Crippen molar-refractivity contribution in [3.8, 4) is 5.75 Å². The molecular weight excluding hydrogens is 233 g/mol. The van der Waals surface area contributed by atoms with E-state index in [2.05, 4.69) is 0 Å².